The number of hydrogen-bond acceptors (Lipinski definition) is 4. The topological polar surface area (TPSA) is 74.7 Å². The molecular formula is C10H9ClFNO4S. The maximum Gasteiger partial charge on any atom is 0.307 e. The van der Waals surface area contributed by atoms with Crippen LogP contribution >= 0.6 is 11.6 Å². The summed E-state index contributed by atoms with van der Waals surface area (Å²) in [4.78, 5) is 12.7. The lowest BCUT2D eigenvalue weighted by Crippen LogP contribution is -2.26. The Balaban J connectivity index is 2.30. The summed E-state index contributed by atoms with van der Waals surface area (Å²) in [6, 6.07) is 4.01. The van der Waals surface area contributed by atoms with Gasteiger partial charge in [-0.05, 0) is 18.2 Å². The maximum atomic E-state index is 12.8. The number of aromatic hydroxyl groups is 1. The van der Waals surface area contributed by atoms with Gasteiger partial charge < -0.3 is 10.0 Å². The van der Waals surface area contributed by atoms with Crippen LogP contribution in [0.2, 0.25) is 5.02 Å². The van der Waals surface area contributed by atoms with Crippen molar-refractivity contribution in [3.05, 3.63) is 23.2 Å². The molecule has 1 heterocycles. The number of hydrogen-bond donors (Lipinski definition) is 1. The number of amides is 1. The average molecular weight is 294 g/mol. The number of halogens is 2. The lowest BCUT2D eigenvalue weighted by Gasteiger charge is -2.16. The van der Waals surface area contributed by atoms with Crippen LogP contribution in [0, 0.1) is 0 Å². The van der Waals surface area contributed by atoms with Gasteiger partial charge in [0, 0.05) is 18.7 Å². The fraction of sp³-hybridized carbons (Fsp3) is 0.300. The molecular weight excluding hydrogens is 285 g/mol. The lowest BCUT2D eigenvalue weighted by atomic mass is 10.3. The summed E-state index contributed by atoms with van der Waals surface area (Å²) in [6.45, 7) is -0.251. The largest absolute Gasteiger partial charge is 0.506 e. The van der Waals surface area contributed by atoms with Crippen LogP contribution in [0.3, 0.4) is 0 Å². The van der Waals surface area contributed by atoms with Gasteiger partial charge in [-0.1, -0.05) is 11.6 Å². The Morgan fingerprint density at radius 2 is 2.11 bits per heavy atom. The van der Waals surface area contributed by atoms with Gasteiger partial charge in [0.2, 0.25) is 5.91 Å². The lowest BCUT2D eigenvalue weighted by molar-refractivity contribution is -0.117. The van der Waals surface area contributed by atoms with Crippen LogP contribution < -0.4 is 4.90 Å². The van der Waals surface area contributed by atoms with Crippen LogP contribution in [0.1, 0.15) is 6.42 Å². The van der Waals surface area contributed by atoms with E-state index >= 15 is 0 Å². The summed E-state index contributed by atoms with van der Waals surface area (Å²) in [5.41, 5.74) is 0.328. The summed E-state index contributed by atoms with van der Waals surface area (Å²) in [5.74, 6) is -0.648. The third-order valence-corrected chi connectivity index (χ3v) is 4.15. The van der Waals surface area contributed by atoms with Crippen molar-refractivity contribution in [2.24, 2.45) is 0 Å². The number of anilines is 1. The van der Waals surface area contributed by atoms with Crippen molar-refractivity contribution >= 4 is 33.4 Å². The molecule has 1 aromatic carbocycles. The summed E-state index contributed by atoms with van der Waals surface area (Å²) in [6.07, 6.45) is -0.392. The summed E-state index contributed by atoms with van der Waals surface area (Å²) in [5, 5.41) is 7.93. The van der Waals surface area contributed by atoms with E-state index in [0.717, 1.165) is 4.90 Å². The Hall–Kier alpha value is -1.34. The minimum atomic E-state index is -4.74. The Morgan fingerprint density at radius 3 is 2.61 bits per heavy atom. The Bertz CT molecular complexity index is 604. The molecule has 0 aliphatic carbocycles. The van der Waals surface area contributed by atoms with Gasteiger partial charge in [-0.3, -0.25) is 4.79 Å². The molecule has 1 unspecified atom stereocenters. The van der Waals surface area contributed by atoms with Crippen molar-refractivity contribution in [2.75, 3.05) is 11.4 Å². The second-order valence-corrected chi connectivity index (χ2v) is 5.97. The summed E-state index contributed by atoms with van der Waals surface area (Å²) in [7, 11) is -4.74. The van der Waals surface area contributed by atoms with Gasteiger partial charge in [0.15, 0.2) is 0 Å². The predicted octanol–water partition coefficient (Wildman–Crippen LogP) is 1.45. The van der Waals surface area contributed by atoms with E-state index < -0.39 is 27.8 Å². The molecule has 1 N–H and O–H groups in total. The average Bonchev–Trinajstić information content (AvgIpc) is 2.64. The smallest absolute Gasteiger partial charge is 0.307 e. The number of nitrogens with zero attached hydrogens (tertiary/aromatic N) is 1. The van der Waals surface area contributed by atoms with Crippen LogP contribution in [0.4, 0.5) is 9.57 Å². The first-order chi connectivity index (χ1) is 8.29. The van der Waals surface area contributed by atoms with Crippen LogP contribution in [0.25, 0.3) is 0 Å². The minimum absolute atomic E-state index is 0.0341. The van der Waals surface area contributed by atoms with Gasteiger partial charge in [0.1, 0.15) is 11.0 Å². The van der Waals surface area contributed by atoms with E-state index in [-0.39, 0.29) is 17.3 Å². The van der Waals surface area contributed by atoms with Crippen LogP contribution in [-0.2, 0) is 15.0 Å². The van der Waals surface area contributed by atoms with Gasteiger partial charge >= 0.3 is 10.2 Å². The van der Waals surface area contributed by atoms with Crippen LogP contribution in [-0.4, -0.2) is 31.2 Å². The molecule has 2 rings (SSSR count). The number of carbonyl (C=O) groups excluding carboxylic acids is 1. The van der Waals surface area contributed by atoms with E-state index in [9.17, 15) is 22.2 Å². The molecule has 0 aromatic heterocycles. The molecule has 1 aromatic rings. The first kappa shape index (κ1) is 13.1. The molecule has 0 saturated carbocycles. The zero-order valence-electron chi connectivity index (χ0n) is 9.01. The maximum absolute atomic E-state index is 12.8. The second-order valence-electron chi connectivity index (χ2n) is 3.94. The molecule has 18 heavy (non-hydrogen) atoms. The van der Waals surface area contributed by atoms with E-state index in [1.165, 1.54) is 18.2 Å². The van der Waals surface area contributed by atoms with Gasteiger partial charge in [0.25, 0.3) is 0 Å². The zero-order chi connectivity index (χ0) is 13.5. The van der Waals surface area contributed by atoms with E-state index in [1.807, 2.05) is 0 Å². The van der Waals surface area contributed by atoms with E-state index in [0.29, 0.717) is 5.69 Å². The second kappa shape index (κ2) is 4.40. The van der Waals surface area contributed by atoms with Crippen molar-refractivity contribution in [3.63, 3.8) is 0 Å². The first-order valence-corrected chi connectivity index (χ1v) is 6.84. The highest BCUT2D eigenvalue weighted by atomic mass is 35.5. The Morgan fingerprint density at radius 1 is 1.44 bits per heavy atom. The molecule has 98 valence electrons. The number of benzene rings is 1. The molecule has 1 saturated heterocycles. The van der Waals surface area contributed by atoms with Crippen LogP contribution in [0.15, 0.2) is 18.2 Å². The molecule has 8 heteroatoms. The fourth-order valence-corrected chi connectivity index (χ4v) is 2.62. The number of phenols is 1. The SMILES string of the molecule is O=C1CC(S(=O)(=O)F)CN1c1ccc(O)c(Cl)c1. The van der Waals surface area contributed by atoms with Gasteiger partial charge in [-0.2, -0.15) is 8.42 Å². The van der Waals surface area contributed by atoms with Gasteiger partial charge in [-0.25, -0.2) is 0 Å². The van der Waals surface area contributed by atoms with E-state index in [1.54, 1.807) is 0 Å². The highest BCUT2D eigenvalue weighted by Crippen LogP contribution is 2.31. The number of phenolic OH excluding ortho intramolecular Hbond substituents is 1. The monoisotopic (exact) mass is 293 g/mol. The molecule has 1 amide bonds. The molecule has 0 spiro atoms. The van der Waals surface area contributed by atoms with Crippen molar-refractivity contribution in [2.45, 2.75) is 11.7 Å². The minimum Gasteiger partial charge on any atom is -0.506 e. The van der Waals surface area contributed by atoms with Gasteiger partial charge in [-0.15, -0.1) is 3.89 Å². The molecule has 0 radical (unpaired) electrons. The predicted molar refractivity (Wildman–Crippen MR) is 63.9 cm³/mol. The van der Waals surface area contributed by atoms with Crippen molar-refractivity contribution in [3.8, 4) is 5.75 Å². The highest BCUT2D eigenvalue weighted by Gasteiger charge is 2.39. The number of carbonyl (C=O) groups is 1. The molecule has 1 aliphatic heterocycles. The molecule has 1 fully saturated rings. The van der Waals surface area contributed by atoms with Crippen molar-refractivity contribution in [1.29, 1.82) is 0 Å². The zero-order valence-corrected chi connectivity index (χ0v) is 10.6. The molecule has 0 bridgehead atoms. The van der Waals surface area contributed by atoms with E-state index in [4.69, 9.17) is 11.6 Å². The fourth-order valence-electron chi connectivity index (χ4n) is 1.78. The summed E-state index contributed by atoms with van der Waals surface area (Å²) >= 11 is 5.69. The normalized spacial score (nSPS) is 20.4. The standard InChI is InChI=1S/C10H9ClFNO4S/c11-8-3-6(1-2-9(8)14)13-5-7(4-10(13)15)18(12,16)17/h1-3,7,14H,4-5H2. The van der Waals surface area contributed by atoms with Crippen molar-refractivity contribution < 1.29 is 22.2 Å². The quantitative estimate of drug-likeness (QED) is 0.838. The Labute approximate surface area is 108 Å². The first-order valence-electron chi connectivity index (χ1n) is 5.01. The molecule has 5 nitrogen and oxygen atoms in total. The third-order valence-electron chi connectivity index (χ3n) is 2.73. The van der Waals surface area contributed by atoms with Crippen molar-refractivity contribution in [1.82, 2.24) is 0 Å². The van der Waals surface area contributed by atoms with Gasteiger partial charge in [0.05, 0.1) is 5.02 Å². The van der Waals surface area contributed by atoms with Crippen LogP contribution in [0.5, 0.6) is 5.75 Å². The summed E-state index contributed by atoms with van der Waals surface area (Å²) < 4.78 is 34.4. The number of rotatable bonds is 2. The van der Waals surface area contributed by atoms with E-state index in [2.05, 4.69) is 0 Å². The molecule has 1 atom stereocenters. The molecule has 1 aliphatic rings. The third kappa shape index (κ3) is 2.41. The Kier molecular flexibility index (Phi) is 3.20. The highest BCUT2D eigenvalue weighted by molar-refractivity contribution is 7.87.